The molecule has 1 N–H and O–H groups in total. The van der Waals surface area contributed by atoms with Crippen molar-refractivity contribution in [1.82, 2.24) is 4.98 Å². The molecule has 1 aromatic rings. The van der Waals surface area contributed by atoms with Crippen LogP contribution >= 0.6 is 0 Å². The Kier molecular flexibility index (Phi) is 1.97. The van der Waals surface area contributed by atoms with Gasteiger partial charge >= 0.3 is 0 Å². The minimum absolute atomic E-state index is 0.145. The van der Waals surface area contributed by atoms with E-state index in [9.17, 15) is 9.90 Å². The molecule has 1 atom stereocenters. The Morgan fingerprint density at radius 3 is 2.79 bits per heavy atom. The molecule has 1 aliphatic rings. The van der Waals surface area contributed by atoms with E-state index in [1.165, 1.54) is 0 Å². The molecular weight excluding hydrogens is 178 g/mol. The van der Waals surface area contributed by atoms with Crippen LogP contribution in [0.15, 0.2) is 29.5 Å². The summed E-state index contributed by atoms with van der Waals surface area (Å²) in [5.74, 6) is -0.145. The number of hydrogen-bond donors (Lipinski definition) is 1. The van der Waals surface area contributed by atoms with Gasteiger partial charge < -0.3 is 5.11 Å². The summed E-state index contributed by atoms with van der Waals surface area (Å²) in [5, 5.41) is 9.86. The average molecular weight is 189 g/mol. The summed E-state index contributed by atoms with van der Waals surface area (Å²) in [6.07, 6.45) is 0.772. The molecule has 1 aromatic heterocycles. The molecule has 0 saturated heterocycles. The first-order chi connectivity index (χ1) is 6.63. The van der Waals surface area contributed by atoms with Crippen LogP contribution in [0.1, 0.15) is 36.0 Å². The van der Waals surface area contributed by atoms with Crippen molar-refractivity contribution < 1.29 is 9.90 Å². The van der Waals surface area contributed by atoms with Crippen molar-refractivity contribution in [2.45, 2.75) is 20.0 Å². The predicted octanol–water partition coefficient (Wildman–Crippen LogP) is 1.65. The average Bonchev–Trinajstić information content (AvgIpc) is 2.41. The maximum absolute atomic E-state index is 11.8. The van der Waals surface area contributed by atoms with E-state index in [0.717, 1.165) is 5.57 Å². The molecule has 0 saturated carbocycles. The molecule has 0 aliphatic heterocycles. The third kappa shape index (κ3) is 1.09. The van der Waals surface area contributed by atoms with Crippen molar-refractivity contribution in [3.8, 4) is 0 Å². The van der Waals surface area contributed by atoms with E-state index in [2.05, 4.69) is 4.98 Å². The molecule has 1 aliphatic carbocycles. The van der Waals surface area contributed by atoms with Gasteiger partial charge in [-0.3, -0.25) is 9.78 Å². The van der Waals surface area contributed by atoms with Gasteiger partial charge in [-0.05, 0) is 19.9 Å². The summed E-state index contributed by atoms with van der Waals surface area (Å²) in [5.41, 5.74) is 2.32. The van der Waals surface area contributed by atoms with Crippen LogP contribution in [0.25, 0.3) is 0 Å². The predicted molar refractivity (Wildman–Crippen MR) is 51.9 cm³/mol. The molecule has 0 aromatic carbocycles. The van der Waals surface area contributed by atoms with Crippen molar-refractivity contribution in [2.24, 2.45) is 0 Å². The smallest absolute Gasteiger partial charge is 0.210 e. The number of nitrogens with zero attached hydrogens (tertiary/aromatic N) is 1. The summed E-state index contributed by atoms with van der Waals surface area (Å²) in [4.78, 5) is 15.7. The summed E-state index contributed by atoms with van der Waals surface area (Å²) in [6, 6.07) is 3.46. The van der Waals surface area contributed by atoms with Crippen LogP contribution < -0.4 is 0 Å². The normalized spacial score (nSPS) is 19.8. The van der Waals surface area contributed by atoms with Gasteiger partial charge in [-0.25, -0.2) is 0 Å². The maximum atomic E-state index is 11.8. The molecule has 0 unspecified atom stereocenters. The Hall–Kier alpha value is -1.48. The van der Waals surface area contributed by atoms with E-state index in [0.29, 0.717) is 16.8 Å². The van der Waals surface area contributed by atoms with Crippen LogP contribution in [0.5, 0.6) is 0 Å². The van der Waals surface area contributed by atoms with Crippen LogP contribution in [-0.4, -0.2) is 15.9 Å². The highest BCUT2D eigenvalue weighted by atomic mass is 16.3. The third-order valence-electron chi connectivity index (χ3n) is 2.41. The zero-order valence-corrected chi connectivity index (χ0v) is 8.11. The second-order valence-corrected chi connectivity index (χ2v) is 3.59. The molecule has 0 spiro atoms. The molecule has 0 radical (unpaired) electrons. The molecular formula is C11H11NO2. The SMILES string of the molecule is CC(C)=C1C(=O)c2ncccc2[C@@H]1O. The number of ketones is 1. The third-order valence-corrected chi connectivity index (χ3v) is 2.41. The number of rotatable bonds is 0. The van der Waals surface area contributed by atoms with Crippen molar-refractivity contribution in [2.75, 3.05) is 0 Å². The highest BCUT2D eigenvalue weighted by Gasteiger charge is 2.34. The molecule has 3 heteroatoms. The lowest BCUT2D eigenvalue weighted by atomic mass is 10.1. The molecule has 0 amide bonds. The van der Waals surface area contributed by atoms with Gasteiger partial charge in [0.2, 0.25) is 5.78 Å². The van der Waals surface area contributed by atoms with E-state index >= 15 is 0 Å². The summed E-state index contributed by atoms with van der Waals surface area (Å²) in [6.45, 7) is 3.64. The Morgan fingerprint density at radius 1 is 1.50 bits per heavy atom. The Morgan fingerprint density at radius 2 is 2.21 bits per heavy atom. The second kappa shape index (κ2) is 3.03. The van der Waals surface area contributed by atoms with Gasteiger partial charge in [-0.2, -0.15) is 0 Å². The van der Waals surface area contributed by atoms with Crippen LogP contribution in [0, 0.1) is 0 Å². The first-order valence-electron chi connectivity index (χ1n) is 4.48. The number of hydrogen-bond acceptors (Lipinski definition) is 3. The standard InChI is InChI=1S/C11H11NO2/c1-6(2)8-10(13)7-4-3-5-12-9(7)11(8)14/h3-5,10,13H,1-2H3/t10-/m0/s1. The first kappa shape index (κ1) is 9.09. The van der Waals surface area contributed by atoms with E-state index in [1.54, 1.807) is 18.3 Å². The first-order valence-corrected chi connectivity index (χ1v) is 4.48. The zero-order valence-electron chi connectivity index (χ0n) is 8.11. The Balaban J connectivity index is 2.66. The molecule has 1 heterocycles. The Bertz CT molecular complexity index is 431. The molecule has 0 fully saturated rings. The number of Topliss-reactive ketones (excluding diaryl/α,β-unsaturated/α-hetero) is 1. The van der Waals surface area contributed by atoms with E-state index in [4.69, 9.17) is 0 Å². The number of carbonyl (C=O) groups is 1. The van der Waals surface area contributed by atoms with Crippen molar-refractivity contribution in [1.29, 1.82) is 0 Å². The Labute approximate surface area is 82.1 Å². The van der Waals surface area contributed by atoms with Gasteiger partial charge in [0.1, 0.15) is 11.8 Å². The van der Waals surface area contributed by atoms with Gasteiger partial charge in [0.25, 0.3) is 0 Å². The number of pyridine rings is 1. The number of aliphatic hydroxyl groups excluding tert-OH is 1. The molecule has 72 valence electrons. The van der Waals surface area contributed by atoms with E-state index in [-0.39, 0.29) is 5.78 Å². The van der Waals surface area contributed by atoms with Crippen LogP contribution in [0.4, 0.5) is 0 Å². The minimum atomic E-state index is -0.795. The van der Waals surface area contributed by atoms with Gasteiger partial charge in [-0.15, -0.1) is 0 Å². The molecule has 14 heavy (non-hydrogen) atoms. The molecule has 2 rings (SSSR count). The number of fused-ring (bicyclic) bond motifs is 1. The lowest BCUT2D eigenvalue weighted by molar-refractivity contribution is 0.101. The lowest BCUT2D eigenvalue weighted by Gasteiger charge is -2.05. The summed E-state index contributed by atoms with van der Waals surface area (Å²) < 4.78 is 0. The topological polar surface area (TPSA) is 50.2 Å². The van der Waals surface area contributed by atoms with Crippen molar-refractivity contribution in [3.63, 3.8) is 0 Å². The van der Waals surface area contributed by atoms with E-state index in [1.807, 2.05) is 13.8 Å². The van der Waals surface area contributed by atoms with Gasteiger partial charge in [-0.1, -0.05) is 11.6 Å². The summed E-state index contributed by atoms with van der Waals surface area (Å²) in [7, 11) is 0. The summed E-state index contributed by atoms with van der Waals surface area (Å²) >= 11 is 0. The minimum Gasteiger partial charge on any atom is -0.383 e. The number of aromatic nitrogens is 1. The van der Waals surface area contributed by atoms with Gasteiger partial charge in [0, 0.05) is 17.3 Å². The van der Waals surface area contributed by atoms with Crippen molar-refractivity contribution >= 4 is 5.78 Å². The fourth-order valence-electron chi connectivity index (χ4n) is 1.74. The molecule has 3 nitrogen and oxygen atoms in total. The van der Waals surface area contributed by atoms with Crippen LogP contribution in [0.2, 0.25) is 0 Å². The number of carbonyl (C=O) groups excluding carboxylic acids is 1. The van der Waals surface area contributed by atoms with E-state index < -0.39 is 6.10 Å². The quantitative estimate of drug-likeness (QED) is 0.631. The fraction of sp³-hybridized carbons (Fsp3) is 0.273. The largest absolute Gasteiger partial charge is 0.383 e. The maximum Gasteiger partial charge on any atom is 0.210 e. The van der Waals surface area contributed by atoms with Crippen LogP contribution in [-0.2, 0) is 0 Å². The number of allylic oxidation sites excluding steroid dienone is 1. The highest BCUT2D eigenvalue weighted by molar-refractivity contribution is 6.13. The highest BCUT2D eigenvalue weighted by Crippen LogP contribution is 2.35. The second-order valence-electron chi connectivity index (χ2n) is 3.59. The number of aliphatic hydroxyl groups is 1. The van der Waals surface area contributed by atoms with Crippen molar-refractivity contribution in [3.05, 3.63) is 40.7 Å². The molecule has 0 bridgehead atoms. The monoisotopic (exact) mass is 189 g/mol. The zero-order chi connectivity index (χ0) is 10.3. The fourth-order valence-corrected chi connectivity index (χ4v) is 1.74. The lowest BCUT2D eigenvalue weighted by Crippen LogP contribution is -2.01. The van der Waals surface area contributed by atoms with Crippen LogP contribution in [0.3, 0.4) is 0 Å². The van der Waals surface area contributed by atoms with Gasteiger partial charge in [0.05, 0.1) is 0 Å². The van der Waals surface area contributed by atoms with Gasteiger partial charge in [0.15, 0.2) is 0 Å².